The summed E-state index contributed by atoms with van der Waals surface area (Å²) in [4.78, 5) is 8.22. The van der Waals surface area contributed by atoms with Gasteiger partial charge in [0.25, 0.3) is 0 Å². The number of nitrogens with zero attached hydrogens (tertiary/aromatic N) is 2. The Hall–Kier alpha value is -3.08. The van der Waals surface area contributed by atoms with Crippen LogP contribution in [0.5, 0.6) is 11.5 Å². The zero-order valence-electron chi connectivity index (χ0n) is 12.9. The molecule has 0 saturated carbocycles. The van der Waals surface area contributed by atoms with Crippen molar-refractivity contribution in [2.24, 2.45) is 0 Å². The van der Waals surface area contributed by atoms with E-state index in [4.69, 9.17) is 10.5 Å². The summed E-state index contributed by atoms with van der Waals surface area (Å²) in [5.41, 5.74) is 7.58. The number of hydrogen-bond acceptors (Lipinski definition) is 5. The van der Waals surface area contributed by atoms with Crippen LogP contribution in [0.3, 0.4) is 0 Å². The van der Waals surface area contributed by atoms with Gasteiger partial charge >= 0.3 is 0 Å². The summed E-state index contributed by atoms with van der Waals surface area (Å²) in [6.45, 7) is 2.51. The zero-order chi connectivity index (χ0) is 16.1. The van der Waals surface area contributed by atoms with Gasteiger partial charge in [-0.05, 0) is 36.8 Å². The average Bonchev–Trinajstić information content (AvgIpc) is 2.53. The molecular weight excluding hydrogens is 288 g/mol. The lowest BCUT2D eigenvalue weighted by Crippen LogP contribution is -2.05. The van der Waals surface area contributed by atoms with E-state index in [1.165, 1.54) is 0 Å². The Morgan fingerprint density at radius 3 is 2.52 bits per heavy atom. The van der Waals surface area contributed by atoms with Gasteiger partial charge < -0.3 is 15.8 Å². The van der Waals surface area contributed by atoms with Crippen LogP contribution in [0.25, 0.3) is 0 Å². The number of nitrogens with one attached hydrogen (secondary N) is 1. The molecule has 116 valence electrons. The van der Waals surface area contributed by atoms with E-state index in [-0.39, 0.29) is 5.95 Å². The molecule has 0 spiro atoms. The lowest BCUT2D eigenvalue weighted by atomic mass is 10.2. The average molecular weight is 306 g/mol. The minimum Gasteiger partial charge on any atom is -0.457 e. The molecule has 2 aromatic carbocycles. The van der Waals surface area contributed by atoms with Crippen LogP contribution in [0, 0.1) is 6.92 Å². The molecule has 1 aromatic heterocycles. The molecule has 3 rings (SSSR count). The zero-order valence-corrected chi connectivity index (χ0v) is 12.9. The van der Waals surface area contributed by atoms with Crippen LogP contribution in [0.1, 0.15) is 11.3 Å². The van der Waals surface area contributed by atoms with E-state index >= 15 is 0 Å². The normalized spacial score (nSPS) is 10.3. The molecule has 0 aliphatic carbocycles. The van der Waals surface area contributed by atoms with Crippen molar-refractivity contribution in [3.63, 3.8) is 0 Å². The Morgan fingerprint density at radius 1 is 0.957 bits per heavy atom. The van der Waals surface area contributed by atoms with Crippen molar-refractivity contribution in [3.05, 3.63) is 71.9 Å². The summed E-state index contributed by atoms with van der Waals surface area (Å²) in [6.07, 6.45) is 0. The maximum absolute atomic E-state index is 5.84. The fourth-order valence-corrected chi connectivity index (χ4v) is 2.22. The molecule has 0 aliphatic rings. The van der Waals surface area contributed by atoms with Gasteiger partial charge in [-0.25, -0.2) is 4.98 Å². The Morgan fingerprint density at radius 2 is 1.74 bits per heavy atom. The summed E-state index contributed by atoms with van der Waals surface area (Å²) in [5.74, 6) is 2.60. The molecule has 0 radical (unpaired) electrons. The fourth-order valence-electron chi connectivity index (χ4n) is 2.22. The van der Waals surface area contributed by atoms with Crippen molar-refractivity contribution in [1.29, 1.82) is 0 Å². The highest BCUT2D eigenvalue weighted by atomic mass is 16.5. The van der Waals surface area contributed by atoms with Crippen molar-refractivity contribution in [3.8, 4) is 11.5 Å². The highest BCUT2D eigenvalue weighted by molar-refractivity contribution is 5.42. The molecule has 0 fully saturated rings. The van der Waals surface area contributed by atoms with Crippen molar-refractivity contribution < 1.29 is 4.74 Å². The molecule has 5 nitrogen and oxygen atoms in total. The van der Waals surface area contributed by atoms with Crippen molar-refractivity contribution in [2.75, 3.05) is 11.1 Å². The molecule has 23 heavy (non-hydrogen) atoms. The molecule has 0 atom stereocenters. The number of hydrogen-bond donors (Lipinski definition) is 2. The maximum Gasteiger partial charge on any atom is 0.222 e. The van der Waals surface area contributed by atoms with Crippen LogP contribution in [0.15, 0.2) is 60.7 Å². The van der Waals surface area contributed by atoms with Gasteiger partial charge in [0.05, 0.1) is 0 Å². The van der Waals surface area contributed by atoms with Crippen LogP contribution < -0.4 is 15.8 Å². The van der Waals surface area contributed by atoms with Gasteiger partial charge in [0.1, 0.15) is 17.3 Å². The summed E-state index contributed by atoms with van der Waals surface area (Å²) in [6, 6.07) is 19.5. The van der Waals surface area contributed by atoms with Crippen LogP contribution in [-0.4, -0.2) is 9.97 Å². The predicted molar refractivity (Wildman–Crippen MR) is 91.5 cm³/mol. The number of nitrogen functional groups attached to an aromatic ring is 1. The Kier molecular flexibility index (Phi) is 4.38. The third-order valence-electron chi connectivity index (χ3n) is 3.22. The molecule has 0 saturated heterocycles. The second-order valence-electron chi connectivity index (χ2n) is 5.17. The highest BCUT2D eigenvalue weighted by Crippen LogP contribution is 2.22. The first-order valence-corrected chi connectivity index (χ1v) is 7.36. The molecule has 3 aromatic rings. The number of nitrogens with two attached hydrogens (primary N) is 1. The fraction of sp³-hybridized carbons (Fsp3) is 0.111. The van der Waals surface area contributed by atoms with Crippen molar-refractivity contribution in [2.45, 2.75) is 13.5 Å². The van der Waals surface area contributed by atoms with Gasteiger partial charge in [-0.3, -0.25) is 0 Å². The van der Waals surface area contributed by atoms with Gasteiger partial charge in [-0.15, -0.1) is 0 Å². The Balaban J connectivity index is 1.68. The molecule has 0 unspecified atom stereocenters. The molecule has 1 heterocycles. The van der Waals surface area contributed by atoms with Gasteiger partial charge in [0.15, 0.2) is 0 Å². The molecule has 3 N–H and O–H groups in total. The number of aryl methyl sites for hydroxylation is 1. The quantitative estimate of drug-likeness (QED) is 0.750. The van der Waals surface area contributed by atoms with Gasteiger partial charge in [-0.1, -0.05) is 30.3 Å². The first-order chi connectivity index (χ1) is 11.2. The summed E-state index contributed by atoms with van der Waals surface area (Å²) in [5, 5.41) is 3.25. The van der Waals surface area contributed by atoms with Crippen LogP contribution in [-0.2, 0) is 6.54 Å². The number of aromatic nitrogens is 2. The van der Waals surface area contributed by atoms with Gasteiger partial charge in [0.2, 0.25) is 5.95 Å². The smallest absolute Gasteiger partial charge is 0.222 e. The summed E-state index contributed by atoms with van der Waals surface area (Å²) in [7, 11) is 0. The first kappa shape index (κ1) is 14.8. The van der Waals surface area contributed by atoms with E-state index in [2.05, 4.69) is 15.3 Å². The van der Waals surface area contributed by atoms with E-state index < -0.39 is 0 Å². The molecule has 0 aliphatic heterocycles. The predicted octanol–water partition coefficient (Wildman–Crippen LogP) is 3.77. The number of para-hydroxylation sites is 1. The van der Waals surface area contributed by atoms with E-state index in [1.807, 2.05) is 67.6 Å². The summed E-state index contributed by atoms with van der Waals surface area (Å²) >= 11 is 0. The molecule has 0 bridgehead atoms. The van der Waals surface area contributed by atoms with E-state index in [9.17, 15) is 0 Å². The standard InChI is InChI=1S/C18H18N4O/c1-13-10-17(22-18(19)21-13)20-12-14-6-5-9-16(11-14)23-15-7-3-2-4-8-15/h2-11H,12H2,1H3,(H3,19,20,21,22). The second kappa shape index (κ2) is 6.79. The topological polar surface area (TPSA) is 73.1 Å². The molecular formula is C18H18N4O. The number of ether oxygens (including phenoxy) is 1. The first-order valence-electron chi connectivity index (χ1n) is 7.36. The Bertz CT molecular complexity index is 770. The van der Waals surface area contributed by atoms with Crippen LogP contribution in [0.4, 0.5) is 11.8 Å². The molecule has 5 heteroatoms. The lowest BCUT2D eigenvalue weighted by molar-refractivity contribution is 0.482. The Labute approximate surface area is 135 Å². The monoisotopic (exact) mass is 306 g/mol. The number of benzene rings is 2. The molecule has 0 amide bonds. The third kappa shape index (κ3) is 4.20. The van der Waals surface area contributed by atoms with E-state index in [0.717, 1.165) is 22.8 Å². The SMILES string of the molecule is Cc1cc(NCc2cccc(Oc3ccccc3)c2)nc(N)n1. The highest BCUT2D eigenvalue weighted by Gasteiger charge is 2.02. The second-order valence-corrected chi connectivity index (χ2v) is 5.17. The lowest BCUT2D eigenvalue weighted by Gasteiger charge is -2.09. The van der Waals surface area contributed by atoms with Crippen LogP contribution >= 0.6 is 0 Å². The summed E-state index contributed by atoms with van der Waals surface area (Å²) < 4.78 is 5.84. The van der Waals surface area contributed by atoms with Crippen molar-refractivity contribution in [1.82, 2.24) is 9.97 Å². The van der Waals surface area contributed by atoms with E-state index in [0.29, 0.717) is 12.4 Å². The van der Waals surface area contributed by atoms with E-state index in [1.54, 1.807) is 0 Å². The largest absolute Gasteiger partial charge is 0.457 e. The van der Waals surface area contributed by atoms with Crippen molar-refractivity contribution >= 4 is 11.8 Å². The van der Waals surface area contributed by atoms with Crippen LogP contribution in [0.2, 0.25) is 0 Å². The third-order valence-corrected chi connectivity index (χ3v) is 3.22. The maximum atomic E-state index is 5.84. The number of anilines is 2. The number of rotatable bonds is 5. The minimum absolute atomic E-state index is 0.272. The van der Waals surface area contributed by atoms with Gasteiger partial charge in [-0.2, -0.15) is 4.98 Å². The minimum atomic E-state index is 0.272. The van der Waals surface area contributed by atoms with Gasteiger partial charge in [0, 0.05) is 18.3 Å².